The van der Waals surface area contributed by atoms with Gasteiger partial charge in [0, 0.05) is 39.5 Å². The van der Waals surface area contributed by atoms with Crippen LogP contribution in [0.25, 0.3) is 11.0 Å². The lowest BCUT2D eigenvalue weighted by atomic mass is 10.1. The SMILES string of the molecule is CCC(C(=O)N1CCN(C(C)=O)CC1)n1c(Cc2ccccc2)nc2cc(Cl)c(Cl)cc21. The van der Waals surface area contributed by atoms with Crippen LogP contribution in [0.4, 0.5) is 0 Å². The van der Waals surface area contributed by atoms with Crippen LogP contribution >= 0.6 is 23.2 Å². The molecule has 32 heavy (non-hydrogen) atoms. The van der Waals surface area contributed by atoms with E-state index in [4.69, 9.17) is 28.2 Å². The lowest BCUT2D eigenvalue weighted by Gasteiger charge is -2.36. The van der Waals surface area contributed by atoms with E-state index in [1.165, 1.54) is 0 Å². The Morgan fingerprint density at radius 3 is 2.25 bits per heavy atom. The summed E-state index contributed by atoms with van der Waals surface area (Å²) in [5.41, 5.74) is 2.63. The summed E-state index contributed by atoms with van der Waals surface area (Å²) < 4.78 is 2.02. The van der Waals surface area contributed by atoms with E-state index < -0.39 is 6.04 Å². The first-order chi connectivity index (χ1) is 15.4. The van der Waals surface area contributed by atoms with E-state index in [1.54, 1.807) is 24.0 Å². The highest BCUT2D eigenvalue weighted by molar-refractivity contribution is 6.42. The van der Waals surface area contributed by atoms with Crippen molar-refractivity contribution in [3.8, 4) is 0 Å². The van der Waals surface area contributed by atoms with Gasteiger partial charge in [0.1, 0.15) is 11.9 Å². The average molecular weight is 473 g/mol. The molecular formula is C24H26Cl2N4O2. The zero-order valence-corrected chi connectivity index (χ0v) is 19.7. The van der Waals surface area contributed by atoms with Gasteiger partial charge in [-0.25, -0.2) is 4.98 Å². The van der Waals surface area contributed by atoms with E-state index in [9.17, 15) is 9.59 Å². The standard InChI is InChI=1S/C24H26Cl2N4O2/c1-3-21(24(32)29-11-9-28(10-12-29)16(2)31)30-22-15-19(26)18(25)14-20(22)27-23(30)13-17-7-5-4-6-8-17/h4-8,14-15,21H,3,9-13H2,1-2H3. The van der Waals surface area contributed by atoms with Gasteiger partial charge in [0.05, 0.1) is 21.1 Å². The third kappa shape index (κ3) is 4.48. The van der Waals surface area contributed by atoms with Gasteiger partial charge in [-0.05, 0) is 24.1 Å². The van der Waals surface area contributed by atoms with Crippen LogP contribution in [0.3, 0.4) is 0 Å². The number of carbonyl (C=O) groups is 2. The van der Waals surface area contributed by atoms with Crippen molar-refractivity contribution in [2.24, 2.45) is 0 Å². The highest BCUT2D eigenvalue weighted by Gasteiger charge is 2.31. The Bertz CT molecular complexity index is 1140. The first-order valence-electron chi connectivity index (χ1n) is 10.8. The number of amides is 2. The van der Waals surface area contributed by atoms with E-state index in [0.717, 1.165) is 22.4 Å². The molecule has 1 aliphatic heterocycles. The molecule has 2 aromatic carbocycles. The van der Waals surface area contributed by atoms with E-state index in [0.29, 0.717) is 49.1 Å². The van der Waals surface area contributed by atoms with Crippen molar-refractivity contribution in [2.75, 3.05) is 26.2 Å². The molecule has 8 heteroatoms. The van der Waals surface area contributed by atoms with Crippen molar-refractivity contribution >= 4 is 46.0 Å². The largest absolute Gasteiger partial charge is 0.339 e. The Hall–Kier alpha value is -2.57. The van der Waals surface area contributed by atoms with Crippen LogP contribution in [0.1, 0.15) is 37.7 Å². The van der Waals surface area contributed by atoms with Gasteiger partial charge in [0.15, 0.2) is 0 Å². The maximum atomic E-state index is 13.6. The van der Waals surface area contributed by atoms with Gasteiger partial charge in [0.25, 0.3) is 0 Å². The molecule has 0 radical (unpaired) electrons. The minimum Gasteiger partial charge on any atom is -0.339 e. The second kappa shape index (κ2) is 9.51. The van der Waals surface area contributed by atoms with E-state index in [2.05, 4.69) is 0 Å². The third-order valence-corrected chi connectivity index (χ3v) is 6.75. The molecule has 2 heterocycles. The number of piperazine rings is 1. The lowest BCUT2D eigenvalue weighted by molar-refractivity contribution is -0.140. The number of imidazole rings is 1. The highest BCUT2D eigenvalue weighted by Crippen LogP contribution is 2.32. The molecule has 6 nitrogen and oxygen atoms in total. The number of halogens is 2. The summed E-state index contributed by atoms with van der Waals surface area (Å²) in [5.74, 6) is 0.879. The Morgan fingerprint density at radius 2 is 1.62 bits per heavy atom. The van der Waals surface area contributed by atoms with Crippen LogP contribution in [-0.4, -0.2) is 57.3 Å². The first-order valence-corrected chi connectivity index (χ1v) is 11.6. The third-order valence-electron chi connectivity index (χ3n) is 6.03. The summed E-state index contributed by atoms with van der Waals surface area (Å²) in [6, 6.07) is 13.2. The maximum absolute atomic E-state index is 13.6. The number of benzene rings is 2. The molecular weight excluding hydrogens is 447 g/mol. The molecule has 0 saturated carbocycles. The quantitative estimate of drug-likeness (QED) is 0.545. The van der Waals surface area contributed by atoms with Gasteiger partial charge in [-0.1, -0.05) is 60.5 Å². The predicted octanol–water partition coefficient (Wildman–Crippen LogP) is 4.58. The summed E-state index contributed by atoms with van der Waals surface area (Å²) in [6.07, 6.45) is 1.20. The van der Waals surface area contributed by atoms with Gasteiger partial charge >= 0.3 is 0 Å². The molecule has 1 aromatic heterocycles. The normalized spacial score (nSPS) is 15.2. The van der Waals surface area contributed by atoms with Crippen LogP contribution in [-0.2, 0) is 16.0 Å². The van der Waals surface area contributed by atoms with Crippen LogP contribution in [0.2, 0.25) is 10.0 Å². The monoisotopic (exact) mass is 472 g/mol. The van der Waals surface area contributed by atoms with Crippen molar-refractivity contribution in [1.29, 1.82) is 0 Å². The van der Waals surface area contributed by atoms with Gasteiger partial charge in [-0.15, -0.1) is 0 Å². The van der Waals surface area contributed by atoms with Gasteiger partial charge < -0.3 is 14.4 Å². The topological polar surface area (TPSA) is 58.4 Å². The molecule has 1 atom stereocenters. The smallest absolute Gasteiger partial charge is 0.245 e. The minimum absolute atomic E-state index is 0.0374. The van der Waals surface area contributed by atoms with Crippen molar-refractivity contribution in [3.05, 3.63) is 63.9 Å². The zero-order chi connectivity index (χ0) is 22.8. The highest BCUT2D eigenvalue weighted by atomic mass is 35.5. The number of nitrogens with zero attached hydrogens (tertiary/aromatic N) is 4. The van der Waals surface area contributed by atoms with Crippen LogP contribution in [0, 0.1) is 0 Å². The number of hydrogen-bond acceptors (Lipinski definition) is 3. The van der Waals surface area contributed by atoms with E-state index in [1.807, 2.05) is 46.7 Å². The van der Waals surface area contributed by atoms with Crippen molar-refractivity contribution in [3.63, 3.8) is 0 Å². The first kappa shape index (κ1) is 22.6. The molecule has 1 saturated heterocycles. The van der Waals surface area contributed by atoms with E-state index in [-0.39, 0.29) is 11.8 Å². The second-order valence-corrected chi connectivity index (χ2v) is 8.89. The molecule has 1 unspecified atom stereocenters. The lowest BCUT2D eigenvalue weighted by Crippen LogP contribution is -2.51. The number of rotatable bonds is 5. The molecule has 1 aliphatic rings. The Morgan fingerprint density at radius 1 is 1.00 bits per heavy atom. The number of aromatic nitrogens is 2. The second-order valence-electron chi connectivity index (χ2n) is 8.07. The van der Waals surface area contributed by atoms with Crippen LogP contribution in [0.15, 0.2) is 42.5 Å². The van der Waals surface area contributed by atoms with Crippen LogP contribution in [0.5, 0.6) is 0 Å². The summed E-state index contributed by atoms with van der Waals surface area (Å²) in [4.78, 5) is 33.7. The van der Waals surface area contributed by atoms with E-state index >= 15 is 0 Å². The molecule has 0 aliphatic carbocycles. The van der Waals surface area contributed by atoms with Gasteiger partial charge in [0.2, 0.25) is 11.8 Å². The van der Waals surface area contributed by atoms with Gasteiger partial charge in [-0.2, -0.15) is 0 Å². The molecule has 0 N–H and O–H groups in total. The molecule has 168 valence electrons. The molecule has 3 aromatic rings. The maximum Gasteiger partial charge on any atom is 0.245 e. The zero-order valence-electron chi connectivity index (χ0n) is 18.2. The fraction of sp³-hybridized carbons (Fsp3) is 0.375. The minimum atomic E-state index is -0.417. The van der Waals surface area contributed by atoms with Crippen molar-refractivity contribution < 1.29 is 9.59 Å². The van der Waals surface area contributed by atoms with Crippen LogP contribution < -0.4 is 0 Å². The Kier molecular flexibility index (Phi) is 6.72. The summed E-state index contributed by atoms with van der Waals surface area (Å²) >= 11 is 12.6. The van der Waals surface area contributed by atoms with Gasteiger partial charge in [-0.3, -0.25) is 9.59 Å². The number of hydrogen-bond donors (Lipinski definition) is 0. The van der Waals surface area contributed by atoms with Crippen molar-refractivity contribution in [2.45, 2.75) is 32.7 Å². The summed E-state index contributed by atoms with van der Waals surface area (Å²) in [6.45, 7) is 5.74. The number of carbonyl (C=O) groups excluding carboxylic acids is 2. The predicted molar refractivity (Wildman–Crippen MR) is 127 cm³/mol. The fourth-order valence-corrected chi connectivity index (χ4v) is 4.63. The molecule has 2 amide bonds. The molecule has 0 bridgehead atoms. The average Bonchev–Trinajstić information content (AvgIpc) is 3.11. The molecule has 1 fully saturated rings. The van der Waals surface area contributed by atoms with Crippen molar-refractivity contribution in [1.82, 2.24) is 19.4 Å². The molecule has 4 rings (SSSR count). The Balaban J connectivity index is 1.73. The summed E-state index contributed by atoms with van der Waals surface area (Å²) in [7, 11) is 0. The molecule has 0 spiro atoms. The fourth-order valence-electron chi connectivity index (χ4n) is 4.31. The Labute approximate surface area is 197 Å². The summed E-state index contributed by atoms with van der Waals surface area (Å²) in [5, 5.41) is 0.874. The number of fused-ring (bicyclic) bond motifs is 1.